The number of ether oxygens (including phenoxy) is 1. The zero-order chi connectivity index (χ0) is 17.6. The molecule has 1 aromatic rings. The van der Waals surface area contributed by atoms with Crippen LogP contribution < -0.4 is 10.1 Å². The van der Waals surface area contributed by atoms with Gasteiger partial charge in [-0.1, -0.05) is 6.07 Å². The third-order valence-electron chi connectivity index (χ3n) is 3.95. The molecule has 1 aromatic carbocycles. The molecule has 1 aliphatic heterocycles. The summed E-state index contributed by atoms with van der Waals surface area (Å²) >= 11 is 0. The molecule has 2 N–H and O–H groups in total. The SMILES string of the molecule is CCOc1cccc(S(=O)(=O)N2CCCC(CNCC(=O)O)C2)c1. The number of piperidine rings is 1. The number of hydrogen-bond donors (Lipinski definition) is 2. The standard InChI is InChI=1S/C16H24N2O5S/c1-2-23-14-6-3-7-15(9-14)24(21,22)18-8-4-5-13(12-18)10-17-11-16(19)20/h3,6-7,9,13,17H,2,4-5,8,10-12H2,1H3,(H,19,20). The molecule has 0 spiro atoms. The van der Waals surface area contributed by atoms with Crippen molar-refractivity contribution in [3.8, 4) is 5.75 Å². The average molecular weight is 356 g/mol. The van der Waals surface area contributed by atoms with Gasteiger partial charge in [0.15, 0.2) is 0 Å². The first-order valence-electron chi connectivity index (χ1n) is 8.09. The summed E-state index contributed by atoms with van der Waals surface area (Å²) in [6.07, 6.45) is 1.65. The third-order valence-corrected chi connectivity index (χ3v) is 5.81. The van der Waals surface area contributed by atoms with Crippen LogP contribution in [0.25, 0.3) is 0 Å². The van der Waals surface area contributed by atoms with Crippen LogP contribution in [0.2, 0.25) is 0 Å². The van der Waals surface area contributed by atoms with Gasteiger partial charge in [-0.3, -0.25) is 4.79 Å². The Morgan fingerprint density at radius 3 is 2.96 bits per heavy atom. The maximum Gasteiger partial charge on any atom is 0.317 e. The lowest BCUT2D eigenvalue weighted by atomic mass is 10.00. The van der Waals surface area contributed by atoms with Crippen LogP contribution in [0.15, 0.2) is 29.2 Å². The van der Waals surface area contributed by atoms with Crippen molar-refractivity contribution in [2.45, 2.75) is 24.7 Å². The van der Waals surface area contributed by atoms with Gasteiger partial charge in [0, 0.05) is 19.2 Å². The number of sulfonamides is 1. The predicted octanol–water partition coefficient (Wildman–Crippen LogP) is 1.16. The fourth-order valence-corrected chi connectivity index (χ4v) is 4.43. The Hall–Kier alpha value is -1.64. The molecule has 1 atom stereocenters. The van der Waals surface area contributed by atoms with Gasteiger partial charge in [0.05, 0.1) is 18.0 Å². The molecular weight excluding hydrogens is 332 g/mol. The van der Waals surface area contributed by atoms with Crippen LogP contribution in [0.1, 0.15) is 19.8 Å². The van der Waals surface area contributed by atoms with Gasteiger partial charge in [-0.05, 0) is 44.4 Å². The Morgan fingerprint density at radius 1 is 1.46 bits per heavy atom. The summed E-state index contributed by atoms with van der Waals surface area (Å²) in [6.45, 7) is 3.59. The van der Waals surface area contributed by atoms with E-state index in [-0.39, 0.29) is 17.4 Å². The summed E-state index contributed by atoms with van der Waals surface area (Å²) in [6, 6.07) is 6.53. The summed E-state index contributed by atoms with van der Waals surface area (Å²) in [5.41, 5.74) is 0. The van der Waals surface area contributed by atoms with Gasteiger partial charge in [0.2, 0.25) is 10.0 Å². The minimum Gasteiger partial charge on any atom is -0.494 e. The third kappa shape index (κ3) is 4.93. The summed E-state index contributed by atoms with van der Waals surface area (Å²) in [5, 5.41) is 11.5. The van der Waals surface area contributed by atoms with E-state index in [4.69, 9.17) is 9.84 Å². The van der Waals surface area contributed by atoms with Crippen molar-refractivity contribution in [2.24, 2.45) is 5.92 Å². The number of nitrogens with zero attached hydrogens (tertiary/aromatic N) is 1. The summed E-state index contributed by atoms with van der Waals surface area (Å²) < 4.78 is 32.5. The highest BCUT2D eigenvalue weighted by atomic mass is 32.2. The Bertz CT molecular complexity index is 662. The van der Waals surface area contributed by atoms with Crippen molar-refractivity contribution in [1.82, 2.24) is 9.62 Å². The van der Waals surface area contributed by atoms with E-state index < -0.39 is 16.0 Å². The van der Waals surface area contributed by atoms with Crippen molar-refractivity contribution < 1.29 is 23.1 Å². The number of benzene rings is 1. The molecule has 0 bridgehead atoms. The fourth-order valence-electron chi connectivity index (χ4n) is 2.84. The molecular formula is C16H24N2O5S. The van der Waals surface area contributed by atoms with Crippen molar-refractivity contribution in [1.29, 1.82) is 0 Å². The van der Waals surface area contributed by atoms with Gasteiger partial charge in [-0.25, -0.2) is 8.42 Å². The van der Waals surface area contributed by atoms with Crippen molar-refractivity contribution in [3.63, 3.8) is 0 Å². The largest absolute Gasteiger partial charge is 0.494 e. The molecule has 0 amide bonds. The highest BCUT2D eigenvalue weighted by Gasteiger charge is 2.30. The summed E-state index contributed by atoms with van der Waals surface area (Å²) in [7, 11) is -3.57. The van der Waals surface area contributed by atoms with Crippen LogP contribution in [0.5, 0.6) is 5.75 Å². The van der Waals surface area contributed by atoms with Crippen LogP contribution in [-0.2, 0) is 14.8 Å². The average Bonchev–Trinajstić information content (AvgIpc) is 2.55. The molecule has 0 saturated carbocycles. The van der Waals surface area contributed by atoms with Gasteiger partial charge in [0.25, 0.3) is 0 Å². The first kappa shape index (κ1) is 18.7. The number of nitrogens with one attached hydrogen (secondary N) is 1. The monoisotopic (exact) mass is 356 g/mol. The van der Waals surface area contributed by atoms with E-state index in [0.717, 1.165) is 12.8 Å². The summed E-state index contributed by atoms with van der Waals surface area (Å²) in [5.74, 6) is -0.263. The lowest BCUT2D eigenvalue weighted by Gasteiger charge is -2.32. The van der Waals surface area contributed by atoms with Crippen molar-refractivity contribution >= 4 is 16.0 Å². The Morgan fingerprint density at radius 2 is 2.25 bits per heavy atom. The lowest BCUT2D eigenvalue weighted by Crippen LogP contribution is -2.43. The molecule has 0 aliphatic carbocycles. The number of hydrogen-bond acceptors (Lipinski definition) is 5. The first-order chi connectivity index (χ1) is 11.4. The molecule has 0 aromatic heterocycles. The van der Waals surface area contributed by atoms with E-state index in [9.17, 15) is 13.2 Å². The number of carboxylic acid groups (broad SMARTS) is 1. The van der Waals surface area contributed by atoms with Crippen molar-refractivity contribution in [2.75, 3.05) is 32.8 Å². The van der Waals surface area contributed by atoms with Crippen LogP contribution >= 0.6 is 0 Å². The van der Waals surface area contributed by atoms with Gasteiger partial charge < -0.3 is 15.2 Å². The van der Waals surface area contributed by atoms with Crippen LogP contribution in [0, 0.1) is 5.92 Å². The topological polar surface area (TPSA) is 95.9 Å². The van der Waals surface area contributed by atoms with E-state index in [1.165, 1.54) is 4.31 Å². The van der Waals surface area contributed by atoms with E-state index in [0.29, 0.717) is 32.0 Å². The second kappa shape index (κ2) is 8.46. The van der Waals surface area contributed by atoms with E-state index in [2.05, 4.69) is 5.32 Å². The minimum atomic E-state index is -3.57. The number of aliphatic carboxylic acids is 1. The molecule has 0 radical (unpaired) electrons. The number of carboxylic acids is 1. The van der Waals surface area contributed by atoms with E-state index in [1.54, 1.807) is 24.3 Å². The lowest BCUT2D eigenvalue weighted by molar-refractivity contribution is -0.136. The zero-order valence-corrected chi connectivity index (χ0v) is 14.6. The quantitative estimate of drug-likeness (QED) is 0.726. The Labute approximate surface area is 142 Å². The van der Waals surface area contributed by atoms with Gasteiger partial charge in [-0.2, -0.15) is 4.31 Å². The Kier molecular flexibility index (Phi) is 6.59. The van der Waals surface area contributed by atoms with Gasteiger partial charge in [0.1, 0.15) is 5.75 Å². The van der Waals surface area contributed by atoms with Crippen molar-refractivity contribution in [3.05, 3.63) is 24.3 Å². The van der Waals surface area contributed by atoms with Crippen LogP contribution in [0.3, 0.4) is 0 Å². The van der Waals surface area contributed by atoms with Crippen LogP contribution in [-0.4, -0.2) is 56.6 Å². The molecule has 1 unspecified atom stereocenters. The fraction of sp³-hybridized carbons (Fsp3) is 0.562. The highest BCUT2D eigenvalue weighted by molar-refractivity contribution is 7.89. The first-order valence-corrected chi connectivity index (χ1v) is 9.53. The minimum absolute atomic E-state index is 0.111. The molecule has 1 fully saturated rings. The van der Waals surface area contributed by atoms with E-state index >= 15 is 0 Å². The second-order valence-electron chi connectivity index (χ2n) is 5.80. The van der Waals surface area contributed by atoms with Gasteiger partial charge >= 0.3 is 5.97 Å². The smallest absolute Gasteiger partial charge is 0.317 e. The number of rotatable bonds is 8. The predicted molar refractivity (Wildman–Crippen MR) is 89.6 cm³/mol. The van der Waals surface area contributed by atoms with Crippen LogP contribution in [0.4, 0.5) is 0 Å². The molecule has 1 heterocycles. The second-order valence-corrected chi connectivity index (χ2v) is 7.74. The molecule has 134 valence electrons. The molecule has 24 heavy (non-hydrogen) atoms. The molecule has 7 nitrogen and oxygen atoms in total. The molecule has 2 rings (SSSR count). The maximum absolute atomic E-state index is 12.8. The maximum atomic E-state index is 12.8. The zero-order valence-electron chi connectivity index (χ0n) is 13.8. The molecule has 1 saturated heterocycles. The van der Waals surface area contributed by atoms with E-state index in [1.807, 2.05) is 6.92 Å². The normalized spacial score (nSPS) is 19.1. The molecule has 1 aliphatic rings. The van der Waals surface area contributed by atoms with Gasteiger partial charge in [-0.15, -0.1) is 0 Å². The number of carbonyl (C=O) groups is 1. The highest BCUT2D eigenvalue weighted by Crippen LogP contribution is 2.25. The summed E-state index contributed by atoms with van der Waals surface area (Å²) in [4.78, 5) is 10.8. The molecule has 8 heteroatoms. The Balaban J connectivity index is 2.05.